The largest absolute Gasteiger partial charge is 0.481 e. The molecule has 0 saturated heterocycles. The fourth-order valence-corrected chi connectivity index (χ4v) is 2.17. The average Bonchev–Trinajstić information content (AvgIpc) is 2.57. The standard InChI is InChI=1S/C13H14FNO3/c1-13(2,6-11(17)18)8-3-7-4-10(16)15-12(7)9(14)5-8/h3,5H,4,6H2,1-2H3,(H,15,16)(H,17,18). The summed E-state index contributed by atoms with van der Waals surface area (Å²) in [7, 11) is 0. The summed E-state index contributed by atoms with van der Waals surface area (Å²) in [5.41, 5.74) is 0.730. The van der Waals surface area contributed by atoms with Crippen LogP contribution >= 0.6 is 0 Å². The van der Waals surface area contributed by atoms with E-state index in [9.17, 15) is 14.0 Å². The summed E-state index contributed by atoms with van der Waals surface area (Å²) in [6.45, 7) is 3.49. The number of fused-ring (bicyclic) bond motifs is 1. The number of hydrogen-bond acceptors (Lipinski definition) is 2. The summed E-state index contributed by atoms with van der Waals surface area (Å²) in [6, 6.07) is 3.01. The van der Waals surface area contributed by atoms with Crippen LogP contribution in [0.5, 0.6) is 0 Å². The van der Waals surface area contributed by atoms with Crippen LogP contribution in [0, 0.1) is 5.82 Å². The lowest BCUT2D eigenvalue weighted by Crippen LogP contribution is -2.22. The molecule has 1 heterocycles. The molecule has 0 atom stereocenters. The maximum atomic E-state index is 13.8. The Labute approximate surface area is 104 Å². The zero-order valence-corrected chi connectivity index (χ0v) is 10.2. The van der Waals surface area contributed by atoms with Crippen molar-refractivity contribution in [3.63, 3.8) is 0 Å². The van der Waals surface area contributed by atoms with Gasteiger partial charge >= 0.3 is 5.97 Å². The fourth-order valence-electron chi connectivity index (χ4n) is 2.17. The highest BCUT2D eigenvalue weighted by Gasteiger charge is 2.29. The Morgan fingerprint density at radius 2 is 2.17 bits per heavy atom. The predicted molar refractivity (Wildman–Crippen MR) is 64.0 cm³/mol. The predicted octanol–water partition coefficient (Wildman–Crippen LogP) is 2.07. The SMILES string of the molecule is CC(C)(CC(=O)O)c1cc(F)c2c(c1)CC(=O)N2. The highest BCUT2D eigenvalue weighted by atomic mass is 19.1. The number of halogens is 1. The van der Waals surface area contributed by atoms with Crippen molar-refractivity contribution in [2.45, 2.75) is 32.1 Å². The van der Waals surface area contributed by atoms with Gasteiger partial charge in [0.05, 0.1) is 18.5 Å². The molecular formula is C13H14FNO3. The van der Waals surface area contributed by atoms with E-state index >= 15 is 0 Å². The zero-order valence-electron chi connectivity index (χ0n) is 10.2. The van der Waals surface area contributed by atoms with Gasteiger partial charge in [0, 0.05) is 5.41 Å². The van der Waals surface area contributed by atoms with Crippen molar-refractivity contribution in [3.05, 3.63) is 29.1 Å². The fraction of sp³-hybridized carbons (Fsp3) is 0.385. The summed E-state index contributed by atoms with van der Waals surface area (Å²) in [4.78, 5) is 22.0. The van der Waals surface area contributed by atoms with Crippen molar-refractivity contribution in [1.29, 1.82) is 0 Å². The van der Waals surface area contributed by atoms with Gasteiger partial charge in [-0.3, -0.25) is 9.59 Å². The molecule has 2 rings (SSSR count). The molecule has 1 aliphatic heterocycles. The minimum Gasteiger partial charge on any atom is -0.481 e. The Hall–Kier alpha value is -1.91. The monoisotopic (exact) mass is 251 g/mol. The molecule has 1 amide bonds. The van der Waals surface area contributed by atoms with Crippen molar-refractivity contribution in [2.75, 3.05) is 5.32 Å². The van der Waals surface area contributed by atoms with Crippen molar-refractivity contribution < 1.29 is 19.1 Å². The van der Waals surface area contributed by atoms with Gasteiger partial charge in [0.2, 0.25) is 5.91 Å². The van der Waals surface area contributed by atoms with E-state index in [2.05, 4.69) is 5.32 Å². The molecule has 0 saturated carbocycles. The van der Waals surface area contributed by atoms with Gasteiger partial charge in [0.15, 0.2) is 0 Å². The van der Waals surface area contributed by atoms with E-state index in [4.69, 9.17) is 5.11 Å². The molecule has 1 aromatic carbocycles. The van der Waals surface area contributed by atoms with Gasteiger partial charge in [0.1, 0.15) is 5.82 Å². The third-order valence-electron chi connectivity index (χ3n) is 3.16. The number of amides is 1. The van der Waals surface area contributed by atoms with E-state index in [0.717, 1.165) is 0 Å². The van der Waals surface area contributed by atoms with E-state index in [0.29, 0.717) is 11.1 Å². The topological polar surface area (TPSA) is 66.4 Å². The zero-order chi connectivity index (χ0) is 13.5. The number of benzene rings is 1. The summed E-state index contributed by atoms with van der Waals surface area (Å²) < 4.78 is 13.8. The lowest BCUT2D eigenvalue weighted by molar-refractivity contribution is -0.138. The number of aliphatic carboxylic acids is 1. The Bertz CT molecular complexity index is 537. The van der Waals surface area contributed by atoms with Crippen LogP contribution in [0.15, 0.2) is 12.1 Å². The van der Waals surface area contributed by atoms with Gasteiger partial charge in [-0.25, -0.2) is 4.39 Å². The molecule has 1 aliphatic rings. The van der Waals surface area contributed by atoms with Gasteiger partial charge in [-0.15, -0.1) is 0 Å². The molecule has 2 N–H and O–H groups in total. The number of hydrogen-bond donors (Lipinski definition) is 2. The van der Waals surface area contributed by atoms with Crippen LogP contribution in [-0.2, 0) is 21.4 Å². The van der Waals surface area contributed by atoms with Crippen molar-refractivity contribution >= 4 is 17.6 Å². The van der Waals surface area contributed by atoms with E-state index in [-0.39, 0.29) is 24.4 Å². The Kier molecular flexibility index (Phi) is 2.84. The van der Waals surface area contributed by atoms with Crippen LogP contribution in [0.25, 0.3) is 0 Å². The summed E-state index contributed by atoms with van der Waals surface area (Å²) in [5.74, 6) is -1.68. The van der Waals surface area contributed by atoms with Gasteiger partial charge in [-0.05, 0) is 17.2 Å². The molecule has 0 unspecified atom stereocenters. The van der Waals surface area contributed by atoms with Gasteiger partial charge in [0.25, 0.3) is 0 Å². The number of carboxylic acids is 1. The molecule has 0 aromatic heterocycles. The van der Waals surface area contributed by atoms with Crippen molar-refractivity contribution in [3.8, 4) is 0 Å². The number of carboxylic acid groups (broad SMARTS) is 1. The molecule has 0 aliphatic carbocycles. The molecule has 18 heavy (non-hydrogen) atoms. The lowest BCUT2D eigenvalue weighted by Gasteiger charge is -2.24. The number of carbonyl (C=O) groups is 2. The van der Waals surface area contributed by atoms with E-state index in [1.165, 1.54) is 6.07 Å². The van der Waals surface area contributed by atoms with Crippen molar-refractivity contribution in [1.82, 2.24) is 0 Å². The first-order valence-electron chi connectivity index (χ1n) is 5.64. The van der Waals surface area contributed by atoms with Crippen LogP contribution in [0.1, 0.15) is 31.4 Å². The first kappa shape index (κ1) is 12.5. The molecule has 0 radical (unpaired) electrons. The first-order valence-corrected chi connectivity index (χ1v) is 5.64. The van der Waals surface area contributed by atoms with Crippen LogP contribution < -0.4 is 5.32 Å². The summed E-state index contributed by atoms with van der Waals surface area (Å²) in [6.07, 6.45) is 0.0514. The number of rotatable bonds is 3. The molecule has 0 spiro atoms. The van der Waals surface area contributed by atoms with Crippen LogP contribution in [0.4, 0.5) is 10.1 Å². The Morgan fingerprint density at radius 3 is 2.78 bits per heavy atom. The van der Waals surface area contributed by atoms with Gasteiger partial charge < -0.3 is 10.4 Å². The highest BCUT2D eigenvalue weighted by Crippen LogP contribution is 2.34. The maximum Gasteiger partial charge on any atom is 0.304 e. The van der Waals surface area contributed by atoms with E-state index in [1.54, 1.807) is 19.9 Å². The second kappa shape index (κ2) is 4.08. The molecular weight excluding hydrogens is 237 g/mol. The Balaban J connectivity index is 2.43. The van der Waals surface area contributed by atoms with E-state index < -0.39 is 17.2 Å². The molecule has 0 fully saturated rings. The third kappa shape index (κ3) is 2.20. The normalized spacial score (nSPS) is 14.3. The van der Waals surface area contributed by atoms with Crippen LogP contribution in [-0.4, -0.2) is 17.0 Å². The average molecular weight is 251 g/mol. The molecule has 96 valence electrons. The number of carbonyl (C=O) groups excluding carboxylic acids is 1. The number of anilines is 1. The minimum absolute atomic E-state index is 0.0907. The molecule has 0 bridgehead atoms. The quantitative estimate of drug-likeness (QED) is 0.864. The van der Waals surface area contributed by atoms with Crippen molar-refractivity contribution in [2.24, 2.45) is 0 Å². The highest BCUT2D eigenvalue weighted by molar-refractivity contribution is 5.99. The van der Waals surface area contributed by atoms with Gasteiger partial charge in [-0.2, -0.15) is 0 Å². The second-order valence-corrected chi connectivity index (χ2v) is 5.17. The van der Waals surface area contributed by atoms with E-state index in [1.807, 2.05) is 0 Å². The van der Waals surface area contributed by atoms with Crippen LogP contribution in [0.3, 0.4) is 0 Å². The molecule has 4 nitrogen and oxygen atoms in total. The molecule has 1 aromatic rings. The second-order valence-electron chi connectivity index (χ2n) is 5.17. The summed E-state index contributed by atoms with van der Waals surface area (Å²) >= 11 is 0. The minimum atomic E-state index is -0.935. The summed E-state index contributed by atoms with van der Waals surface area (Å²) in [5, 5.41) is 11.3. The lowest BCUT2D eigenvalue weighted by atomic mass is 9.80. The van der Waals surface area contributed by atoms with Gasteiger partial charge in [-0.1, -0.05) is 19.9 Å². The maximum absolute atomic E-state index is 13.8. The first-order chi connectivity index (χ1) is 8.29. The molecule has 5 heteroatoms. The Morgan fingerprint density at radius 1 is 1.50 bits per heavy atom. The van der Waals surface area contributed by atoms with Crippen LogP contribution in [0.2, 0.25) is 0 Å². The smallest absolute Gasteiger partial charge is 0.304 e. The third-order valence-corrected chi connectivity index (χ3v) is 3.16. The number of nitrogens with one attached hydrogen (secondary N) is 1.